The molecule has 1 atom stereocenters. The Kier molecular flexibility index (Phi) is 7.54. The zero-order chi connectivity index (χ0) is 10.9. The molecule has 1 aliphatic carbocycles. The van der Waals surface area contributed by atoms with E-state index in [0.29, 0.717) is 0 Å². The molecule has 0 bridgehead atoms. The second-order valence-electron chi connectivity index (χ2n) is 4.88. The monoisotopic (exact) mass is 229 g/mol. The molecule has 1 nitrogen and oxygen atoms in total. The molecule has 1 aliphatic rings. The summed E-state index contributed by atoms with van der Waals surface area (Å²) in [7, 11) is 0. The summed E-state index contributed by atoms with van der Waals surface area (Å²) in [5.41, 5.74) is 0. The summed E-state index contributed by atoms with van der Waals surface area (Å²) in [6, 6.07) is 0.851. The molecule has 0 aromatic carbocycles. The first-order chi connectivity index (χ1) is 7.33. The molecule has 0 aromatic rings. The minimum absolute atomic E-state index is 0.851. The number of hydrogen-bond donors (Lipinski definition) is 1. The third-order valence-corrected chi connectivity index (χ3v) is 4.74. The van der Waals surface area contributed by atoms with Crippen molar-refractivity contribution in [2.24, 2.45) is 5.92 Å². The van der Waals surface area contributed by atoms with Gasteiger partial charge in [0, 0.05) is 6.04 Å². The Labute approximate surface area is 99.8 Å². The molecule has 0 saturated heterocycles. The molecular weight excluding hydrogens is 202 g/mol. The Bertz CT molecular complexity index is 143. The van der Waals surface area contributed by atoms with Crippen LogP contribution in [0.25, 0.3) is 0 Å². The smallest absolute Gasteiger partial charge is 0.00670 e. The minimum atomic E-state index is 0.851. The molecule has 15 heavy (non-hydrogen) atoms. The second kappa shape index (κ2) is 8.46. The summed E-state index contributed by atoms with van der Waals surface area (Å²) < 4.78 is 0. The van der Waals surface area contributed by atoms with Crippen molar-refractivity contribution in [2.75, 3.05) is 18.1 Å². The maximum absolute atomic E-state index is 3.67. The van der Waals surface area contributed by atoms with Gasteiger partial charge >= 0.3 is 0 Å². The molecule has 1 fully saturated rings. The average Bonchev–Trinajstić information content (AvgIpc) is 2.75. The molecule has 0 spiro atoms. The third-order valence-electron chi connectivity index (χ3n) is 3.35. The van der Waals surface area contributed by atoms with Crippen molar-refractivity contribution in [3.05, 3.63) is 0 Å². The topological polar surface area (TPSA) is 12.0 Å². The second-order valence-corrected chi connectivity index (χ2v) is 6.03. The van der Waals surface area contributed by atoms with Gasteiger partial charge in [-0.3, -0.25) is 0 Å². The van der Waals surface area contributed by atoms with E-state index in [1.54, 1.807) is 0 Å². The summed E-state index contributed by atoms with van der Waals surface area (Å²) >= 11 is 2.13. The molecular formula is C13H27NS. The highest BCUT2D eigenvalue weighted by molar-refractivity contribution is 7.99. The van der Waals surface area contributed by atoms with E-state index in [9.17, 15) is 0 Å². The van der Waals surface area contributed by atoms with Gasteiger partial charge in [-0.1, -0.05) is 33.1 Å². The first-order valence-corrected chi connectivity index (χ1v) is 7.79. The van der Waals surface area contributed by atoms with E-state index in [0.717, 1.165) is 12.0 Å². The summed E-state index contributed by atoms with van der Waals surface area (Å²) in [5.74, 6) is 3.59. The van der Waals surface area contributed by atoms with Gasteiger partial charge in [0.25, 0.3) is 0 Å². The molecule has 90 valence electrons. The van der Waals surface area contributed by atoms with E-state index in [-0.39, 0.29) is 0 Å². The largest absolute Gasteiger partial charge is 0.314 e. The van der Waals surface area contributed by atoms with Gasteiger partial charge in [-0.2, -0.15) is 11.8 Å². The highest BCUT2D eigenvalue weighted by Gasteiger charge is 2.12. The van der Waals surface area contributed by atoms with Crippen molar-refractivity contribution < 1.29 is 0 Å². The van der Waals surface area contributed by atoms with Crippen LogP contribution in [-0.2, 0) is 0 Å². The van der Waals surface area contributed by atoms with Crippen LogP contribution in [0.1, 0.15) is 52.4 Å². The van der Waals surface area contributed by atoms with Crippen molar-refractivity contribution in [3.63, 3.8) is 0 Å². The Balaban J connectivity index is 1.80. The fourth-order valence-corrected chi connectivity index (χ4v) is 3.17. The third kappa shape index (κ3) is 6.47. The van der Waals surface area contributed by atoms with Crippen LogP contribution in [0.3, 0.4) is 0 Å². The van der Waals surface area contributed by atoms with Crippen molar-refractivity contribution in [2.45, 2.75) is 58.4 Å². The number of rotatable bonds is 8. The lowest BCUT2D eigenvalue weighted by Crippen LogP contribution is -2.27. The lowest BCUT2D eigenvalue weighted by molar-refractivity contribution is 0.524. The molecule has 1 rings (SSSR count). The van der Waals surface area contributed by atoms with Crippen LogP contribution in [0.15, 0.2) is 0 Å². The first kappa shape index (κ1) is 13.4. The van der Waals surface area contributed by atoms with E-state index < -0.39 is 0 Å². The van der Waals surface area contributed by atoms with Crippen LogP contribution in [0.5, 0.6) is 0 Å². The Morgan fingerprint density at radius 3 is 2.73 bits per heavy atom. The van der Waals surface area contributed by atoms with E-state index >= 15 is 0 Å². The van der Waals surface area contributed by atoms with Gasteiger partial charge in [0.15, 0.2) is 0 Å². The van der Waals surface area contributed by atoms with Gasteiger partial charge < -0.3 is 5.32 Å². The fraction of sp³-hybridized carbons (Fsp3) is 1.00. The molecule has 0 aromatic heterocycles. The molecule has 2 heteroatoms. The van der Waals surface area contributed by atoms with E-state index in [1.165, 1.54) is 56.6 Å². The van der Waals surface area contributed by atoms with Crippen LogP contribution in [0.2, 0.25) is 0 Å². The summed E-state index contributed by atoms with van der Waals surface area (Å²) in [4.78, 5) is 0. The molecule has 1 saturated carbocycles. The molecule has 0 amide bonds. The van der Waals surface area contributed by atoms with Crippen LogP contribution >= 0.6 is 11.8 Å². The predicted molar refractivity (Wildman–Crippen MR) is 71.7 cm³/mol. The van der Waals surface area contributed by atoms with Crippen LogP contribution in [0, 0.1) is 5.92 Å². The highest BCUT2D eigenvalue weighted by Crippen LogP contribution is 2.17. The maximum atomic E-state index is 3.67. The SMILES string of the molecule is CCC(C)CSCCCNC1CCCC1. The van der Waals surface area contributed by atoms with Gasteiger partial charge in [0.2, 0.25) is 0 Å². The summed E-state index contributed by atoms with van der Waals surface area (Å²) in [6.07, 6.45) is 8.39. The lowest BCUT2D eigenvalue weighted by atomic mass is 10.2. The summed E-state index contributed by atoms with van der Waals surface area (Å²) in [6.45, 7) is 5.87. The van der Waals surface area contributed by atoms with Crippen molar-refractivity contribution in [3.8, 4) is 0 Å². The van der Waals surface area contributed by atoms with Crippen LogP contribution in [-0.4, -0.2) is 24.1 Å². The van der Waals surface area contributed by atoms with Crippen molar-refractivity contribution >= 4 is 11.8 Å². The standard InChI is InChI=1S/C13H27NS/c1-3-12(2)11-15-10-6-9-14-13-7-4-5-8-13/h12-14H,3-11H2,1-2H3. The summed E-state index contributed by atoms with van der Waals surface area (Å²) in [5, 5.41) is 3.67. The van der Waals surface area contributed by atoms with Gasteiger partial charge in [-0.25, -0.2) is 0 Å². The molecule has 0 radical (unpaired) electrons. The van der Waals surface area contributed by atoms with Crippen molar-refractivity contribution in [1.82, 2.24) is 5.32 Å². The van der Waals surface area contributed by atoms with E-state index in [2.05, 4.69) is 30.9 Å². The lowest BCUT2D eigenvalue weighted by Gasteiger charge is -2.11. The average molecular weight is 229 g/mol. The molecule has 0 aliphatic heterocycles. The molecule has 0 heterocycles. The van der Waals surface area contributed by atoms with E-state index in [4.69, 9.17) is 0 Å². The molecule has 1 unspecified atom stereocenters. The minimum Gasteiger partial charge on any atom is -0.314 e. The van der Waals surface area contributed by atoms with Gasteiger partial charge in [-0.15, -0.1) is 0 Å². The van der Waals surface area contributed by atoms with Gasteiger partial charge in [0.1, 0.15) is 0 Å². The maximum Gasteiger partial charge on any atom is 0.00670 e. The number of thioether (sulfide) groups is 1. The van der Waals surface area contributed by atoms with Crippen molar-refractivity contribution in [1.29, 1.82) is 0 Å². The van der Waals surface area contributed by atoms with Crippen LogP contribution < -0.4 is 5.32 Å². The zero-order valence-corrected chi connectivity index (χ0v) is 11.2. The number of nitrogens with one attached hydrogen (secondary N) is 1. The zero-order valence-electron chi connectivity index (χ0n) is 10.4. The quantitative estimate of drug-likeness (QED) is 0.637. The predicted octanol–water partition coefficient (Wildman–Crippen LogP) is 3.69. The Morgan fingerprint density at radius 1 is 1.33 bits per heavy atom. The highest BCUT2D eigenvalue weighted by atomic mass is 32.2. The number of hydrogen-bond acceptors (Lipinski definition) is 2. The van der Waals surface area contributed by atoms with Gasteiger partial charge in [-0.05, 0) is 43.2 Å². The first-order valence-electron chi connectivity index (χ1n) is 6.64. The van der Waals surface area contributed by atoms with Gasteiger partial charge in [0.05, 0.1) is 0 Å². The Hall–Kier alpha value is 0.310. The Morgan fingerprint density at radius 2 is 2.07 bits per heavy atom. The fourth-order valence-electron chi connectivity index (χ4n) is 2.01. The van der Waals surface area contributed by atoms with E-state index in [1.807, 2.05) is 0 Å². The van der Waals surface area contributed by atoms with Crippen LogP contribution in [0.4, 0.5) is 0 Å². The normalized spacial score (nSPS) is 19.6. The molecule has 1 N–H and O–H groups in total.